The summed E-state index contributed by atoms with van der Waals surface area (Å²) in [5.74, 6) is 0.0997. The van der Waals surface area contributed by atoms with E-state index in [4.69, 9.17) is 4.74 Å². The Labute approximate surface area is 136 Å². The van der Waals surface area contributed by atoms with Crippen molar-refractivity contribution in [1.82, 2.24) is 19.1 Å². The van der Waals surface area contributed by atoms with Crippen LogP contribution >= 0.6 is 0 Å². The minimum absolute atomic E-state index is 0.0997. The Hall–Kier alpha value is -1.82. The molecule has 124 valence electrons. The molecule has 23 heavy (non-hydrogen) atoms. The van der Waals surface area contributed by atoms with Crippen LogP contribution in [-0.2, 0) is 11.8 Å². The quantitative estimate of drug-likeness (QED) is 0.852. The van der Waals surface area contributed by atoms with Crippen molar-refractivity contribution in [2.75, 3.05) is 20.2 Å². The minimum Gasteiger partial charge on any atom is -0.381 e. The number of nitrogens with zero attached hydrogens (tertiary/aromatic N) is 4. The van der Waals surface area contributed by atoms with Gasteiger partial charge in [-0.3, -0.25) is 4.79 Å². The summed E-state index contributed by atoms with van der Waals surface area (Å²) >= 11 is 0. The van der Waals surface area contributed by atoms with Crippen LogP contribution < -0.4 is 0 Å². The highest BCUT2D eigenvalue weighted by Crippen LogP contribution is 2.46. The summed E-state index contributed by atoms with van der Waals surface area (Å²) in [7, 11) is 3.76. The van der Waals surface area contributed by atoms with E-state index in [1.807, 2.05) is 36.0 Å². The molecule has 6 heteroatoms. The van der Waals surface area contributed by atoms with Gasteiger partial charge in [0.05, 0.1) is 12.3 Å². The maximum absolute atomic E-state index is 13.1. The number of imidazole rings is 1. The maximum Gasteiger partial charge on any atom is 0.259 e. The zero-order valence-electron chi connectivity index (χ0n) is 13.9. The number of ether oxygens (including phenoxy) is 1. The van der Waals surface area contributed by atoms with Gasteiger partial charge in [-0.1, -0.05) is 6.42 Å². The fourth-order valence-corrected chi connectivity index (χ4v) is 4.65. The van der Waals surface area contributed by atoms with E-state index in [1.165, 1.54) is 19.3 Å². The molecule has 3 heterocycles. The molecule has 0 bridgehead atoms. The van der Waals surface area contributed by atoms with Crippen molar-refractivity contribution in [2.24, 2.45) is 12.5 Å². The summed E-state index contributed by atoms with van der Waals surface area (Å²) in [5, 5.41) is 4.30. The van der Waals surface area contributed by atoms with Crippen LogP contribution in [0.25, 0.3) is 5.65 Å². The van der Waals surface area contributed by atoms with E-state index in [-0.39, 0.29) is 11.3 Å². The summed E-state index contributed by atoms with van der Waals surface area (Å²) in [6.45, 7) is 1.64. The van der Waals surface area contributed by atoms with Crippen molar-refractivity contribution < 1.29 is 9.53 Å². The molecule has 0 aromatic carbocycles. The number of hydrogen-bond acceptors (Lipinski definition) is 3. The van der Waals surface area contributed by atoms with E-state index in [1.54, 1.807) is 10.7 Å². The van der Waals surface area contributed by atoms with Gasteiger partial charge in [0, 0.05) is 45.1 Å². The first-order valence-corrected chi connectivity index (χ1v) is 8.45. The molecular formula is C17H24N4O2. The Morgan fingerprint density at radius 2 is 2.17 bits per heavy atom. The Morgan fingerprint density at radius 1 is 1.35 bits per heavy atom. The second kappa shape index (κ2) is 5.37. The zero-order valence-corrected chi connectivity index (χ0v) is 13.9. The molecule has 1 saturated carbocycles. The van der Waals surface area contributed by atoms with E-state index < -0.39 is 0 Å². The van der Waals surface area contributed by atoms with Crippen LogP contribution in [-0.4, -0.2) is 51.3 Å². The molecule has 6 nitrogen and oxygen atoms in total. The van der Waals surface area contributed by atoms with Gasteiger partial charge in [0.1, 0.15) is 11.2 Å². The van der Waals surface area contributed by atoms with Gasteiger partial charge < -0.3 is 14.2 Å². The zero-order chi connectivity index (χ0) is 16.0. The lowest BCUT2D eigenvalue weighted by Gasteiger charge is -2.43. The van der Waals surface area contributed by atoms with E-state index in [0.29, 0.717) is 11.7 Å². The molecule has 4 rings (SSSR count). The number of fused-ring (bicyclic) bond motifs is 1. The summed E-state index contributed by atoms with van der Waals surface area (Å²) in [6.07, 6.45) is 11.5. The Morgan fingerprint density at radius 3 is 3.00 bits per heavy atom. The van der Waals surface area contributed by atoms with Gasteiger partial charge in [-0.05, 0) is 25.7 Å². The van der Waals surface area contributed by atoms with Gasteiger partial charge in [-0.15, -0.1) is 0 Å². The highest BCUT2D eigenvalue weighted by molar-refractivity contribution is 5.99. The van der Waals surface area contributed by atoms with Gasteiger partial charge in [0.25, 0.3) is 5.91 Å². The van der Waals surface area contributed by atoms with Crippen LogP contribution in [0.2, 0.25) is 0 Å². The fraction of sp³-hybridized carbons (Fsp3) is 0.647. The molecule has 2 aromatic heterocycles. The predicted molar refractivity (Wildman–Crippen MR) is 86.4 cm³/mol. The number of aromatic nitrogens is 3. The fourth-order valence-electron chi connectivity index (χ4n) is 4.65. The minimum atomic E-state index is 0.0997. The predicted octanol–water partition coefficient (Wildman–Crippen LogP) is 2.09. The number of amides is 1. The monoisotopic (exact) mass is 316 g/mol. The molecule has 0 unspecified atom stereocenters. The molecule has 1 saturated heterocycles. The number of piperidine rings is 1. The third-order valence-electron chi connectivity index (χ3n) is 5.77. The summed E-state index contributed by atoms with van der Waals surface area (Å²) in [4.78, 5) is 15.1. The molecule has 2 atom stereocenters. The number of rotatable bonds is 2. The third kappa shape index (κ3) is 2.19. The Bertz CT molecular complexity index is 734. The van der Waals surface area contributed by atoms with Gasteiger partial charge in [0.15, 0.2) is 0 Å². The van der Waals surface area contributed by atoms with Crippen molar-refractivity contribution in [1.29, 1.82) is 0 Å². The number of hydrogen-bond donors (Lipinski definition) is 0. The van der Waals surface area contributed by atoms with Crippen LogP contribution in [0, 0.1) is 5.41 Å². The number of aryl methyl sites for hydroxylation is 1. The van der Waals surface area contributed by atoms with Gasteiger partial charge in [0.2, 0.25) is 0 Å². The Kier molecular flexibility index (Phi) is 3.44. The largest absolute Gasteiger partial charge is 0.381 e. The van der Waals surface area contributed by atoms with Crippen LogP contribution in [0.5, 0.6) is 0 Å². The third-order valence-corrected chi connectivity index (χ3v) is 5.77. The molecule has 0 radical (unpaired) electrons. The highest BCUT2D eigenvalue weighted by Gasteiger charge is 2.46. The average molecular weight is 316 g/mol. The molecule has 0 N–H and O–H groups in total. The topological polar surface area (TPSA) is 51.8 Å². The lowest BCUT2D eigenvalue weighted by atomic mass is 9.76. The Balaban J connectivity index is 1.62. The molecule has 1 aliphatic carbocycles. The second-order valence-electron chi connectivity index (χ2n) is 7.04. The second-order valence-corrected chi connectivity index (χ2v) is 7.04. The first-order chi connectivity index (χ1) is 11.1. The van der Waals surface area contributed by atoms with Crippen molar-refractivity contribution >= 4 is 11.6 Å². The van der Waals surface area contributed by atoms with Crippen LogP contribution in [0.3, 0.4) is 0 Å². The lowest BCUT2D eigenvalue weighted by Crippen LogP contribution is -2.49. The molecule has 2 fully saturated rings. The molecule has 2 aromatic rings. The van der Waals surface area contributed by atoms with Crippen molar-refractivity contribution in [3.63, 3.8) is 0 Å². The first kappa shape index (κ1) is 14.8. The highest BCUT2D eigenvalue weighted by atomic mass is 16.5. The summed E-state index contributed by atoms with van der Waals surface area (Å²) in [6, 6.07) is 0. The van der Waals surface area contributed by atoms with Crippen LogP contribution in [0.4, 0.5) is 0 Å². The van der Waals surface area contributed by atoms with Crippen LogP contribution in [0.1, 0.15) is 42.5 Å². The van der Waals surface area contributed by atoms with Gasteiger partial charge >= 0.3 is 0 Å². The molecule has 1 aliphatic heterocycles. The maximum atomic E-state index is 13.1. The number of carbonyl (C=O) groups excluding carboxylic acids is 1. The van der Waals surface area contributed by atoms with Crippen LogP contribution in [0.15, 0.2) is 18.6 Å². The molecule has 1 spiro atoms. The normalized spacial score (nSPS) is 28.1. The average Bonchev–Trinajstić information content (AvgIpc) is 3.24. The van der Waals surface area contributed by atoms with E-state index >= 15 is 0 Å². The SMILES string of the molecule is CO[C@@H]1CCC[C@]12CCCN(C(=O)c1cnn3ccn(C)c13)C2. The van der Waals surface area contributed by atoms with Gasteiger partial charge in [-0.25, -0.2) is 4.52 Å². The molecule has 2 aliphatic rings. The number of carbonyl (C=O) groups is 1. The molecular weight excluding hydrogens is 292 g/mol. The summed E-state index contributed by atoms with van der Waals surface area (Å²) in [5.41, 5.74) is 1.72. The first-order valence-electron chi connectivity index (χ1n) is 8.45. The number of likely N-dealkylation sites (tertiary alicyclic amines) is 1. The van der Waals surface area contributed by atoms with Gasteiger partial charge in [-0.2, -0.15) is 5.10 Å². The van der Waals surface area contributed by atoms with E-state index in [0.717, 1.165) is 31.6 Å². The lowest BCUT2D eigenvalue weighted by molar-refractivity contribution is -0.0295. The summed E-state index contributed by atoms with van der Waals surface area (Å²) < 4.78 is 9.46. The van der Waals surface area contributed by atoms with E-state index in [2.05, 4.69) is 5.10 Å². The number of methoxy groups -OCH3 is 1. The molecule has 1 amide bonds. The van der Waals surface area contributed by atoms with Crippen molar-refractivity contribution in [3.8, 4) is 0 Å². The van der Waals surface area contributed by atoms with Crippen molar-refractivity contribution in [3.05, 3.63) is 24.2 Å². The van der Waals surface area contributed by atoms with Crippen molar-refractivity contribution in [2.45, 2.75) is 38.2 Å². The standard InChI is InChI=1S/C17H24N4O2/c1-19-9-10-21-15(19)13(11-18-21)16(22)20-8-4-7-17(12-20)6-3-5-14(17)23-2/h9-11,14H,3-8,12H2,1-2H3/t14-,17-/m1/s1. The van der Waals surface area contributed by atoms with E-state index in [9.17, 15) is 4.79 Å². The smallest absolute Gasteiger partial charge is 0.259 e.